The lowest BCUT2D eigenvalue weighted by Crippen LogP contribution is -2.29. The predicted octanol–water partition coefficient (Wildman–Crippen LogP) is 1.95. The van der Waals surface area contributed by atoms with E-state index in [1.165, 1.54) is 0 Å². The van der Waals surface area contributed by atoms with Gasteiger partial charge in [0.05, 0.1) is 18.8 Å². The molecule has 0 aliphatic rings. The summed E-state index contributed by atoms with van der Waals surface area (Å²) >= 11 is 0. The Bertz CT molecular complexity index is 528. The van der Waals surface area contributed by atoms with Crippen LogP contribution in [0.3, 0.4) is 0 Å². The van der Waals surface area contributed by atoms with Crippen LogP contribution in [0.25, 0.3) is 0 Å². The minimum atomic E-state index is -0.139. The van der Waals surface area contributed by atoms with E-state index in [4.69, 9.17) is 10.6 Å². The number of aryl methyl sites for hydroxylation is 1. The SMILES string of the molecule is COc1cccc(C(NN)c2cccc(C)n2)c1. The highest BCUT2D eigenvalue weighted by atomic mass is 16.5. The van der Waals surface area contributed by atoms with Crippen molar-refractivity contribution in [1.29, 1.82) is 0 Å². The lowest BCUT2D eigenvalue weighted by molar-refractivity contribution is 0.413. The molecule has 0 amide bonds. The number of hydrazine groups is 1. The number of nitrogens with two attached hydrogens (primary N) is 1. The molecule has 4 nitrogen and oxygen atoms in total. The van der Waals surface area contributed by atoms with Gasteiger partial charge in [-0.15, -0.1) is 0 Å². The Morgan fingerprint density at radius 2 is 2.00 bits per heavy atom. The zero-order valence-electron chi connectivity index (χ0n) is 10.6. The largest absolute Gasteiger partial charge is 0.497 e. The van der Waals surface area contributed by atoms with Crippen LogP contribution in [0.5, 0.6) is 5.75 Å². The van der Waals surface area contributed by atoms with E-state index < -0.39 is 0 Å². The van der Waals surface area contributed by atoms with Crippen molar-refractivity contribution in [2.24, 2.45) is 5.84 Å². The highest BCUT2D eigenvalue weighted by Gasteiger charge is 2.14. The van der Waals surface area contributed by atoms with Crippen LogP contribution >= 0.6 is 0 Å². The summed E-state index contributed by atoms with van der Waals surface area (Å²) in [6, 6.07) is 13.5. The Hall–Kier alpha value is -1.91. The van der Waals surface area contributed by atoms with Gasteiger partial charge >= 0.3 is 0 Å². The van der Waals surface area contributed by atoms with E-state index in [2.05, 4.69) is 10.4 Å². The average molecular weight is 243 g/mol. The van der Waals surface area contributed by atoms with E-state index in [1.54, 1.807) is 7.11 Å². The van der Waals surface area contributed by atoms with Crippen LogP contribution in [-0.4, -0.2) is 12.1 Å². The van der Waals surface area contributed by atoms with Gasteiger partial charge in [0.25, 0.3) is 0 Å². The van der Waals surface area contributed by atoms with Crippen molar-refractivity contribution in [3.8, 4) is 5.75 Å². The molecule has 94 valence electrons. The predicted molar refractivity (Wildman–Crippen MR) is 71.1 cm³/mol. The van der Waals surface area contributed by atoms with Crippen molar-refractivity contribution < 1.29 is 4.74 Å². The van der Waals surface area contributed by atoms with Gasteiger partial charge in [0.15, 0.2) is 0 Å². The Balaban J connectivity index is 2.38. The van der Waals surface area contributed by atoms with Crippen LogP contribution in [0.2, 0.25) is 0 Å². The molecule has 0 spiro atoms. The molecule has 4 heteroatoms. The molecule has 18 heavy (non-hydrogen) atoms. The summed E-state index contributed by atoms with van der Waals surface area (Å²) in [5.41, 5.74) is 5.68. The summed E-state index contributed by atoms with van der Waals surface area (Å²) < 4.78 is 5.22. The summed E-state index contributed by atoms with van der Waals surface area (Å²) in [4.78, 5) is 4.49. The second kappa shape index (κ2) is 5.62. The zero-order chi connectivity index (χ0) is 13.0. The first-order chi connectivity index (χ1) is 8.74. The van der Waals surface area contributed by atoms with E-state index in [0.29, 0.717) is 0 Å². The second-order valence-corrected chi connectivity index (χ2v) is 4.08. The lowest BCUT2D eigenvalue weighted by Gasteiger charge is -2.17. The molecule has 1 unspecified atom stereocenters. The number of nitrogens with zero attached hydrogens (tertiary/aromatic N) is 1. The molecule has 1 atom stereocenters. The molecule has 1 aromatic carbocycles. The topological polar surface area (TPSA) is 60.2 Å². The normalized spacial score (nSPS) is 12.2. The van der Waals surface area contributed by atoms with Gasteiger partial charge in [-0.05, 0) is 36.8 Å². The average Bonchev–Trinajstić information content (AvgIpc) is 2.40. The van der Waals surface area contributed by atoms with Gasteiger partial charge in [-0.25, -0.2) is 5.43 Å². The van der Waals surface area contributed by atoms with Crippen molar-refractivity contribution in [3.05, 3.63) is 59.4 Å². The third-order valence-corrected chi connectivity index (χ3v) is 2.80. The van der Waals surface area contributed by atoms with Gasteiger partial charge in [0.1, 0.15) is 5.75 Å². The molecule has 0 aliphatic carbocycles. The maximum atomic E-state index is 5.65. The fourth-order valence-electron chi connectivity index (χ4n) is 1.90. The number of rotatable bonds is 4. The fraction of sp³-hybridized carbons (Fsp3) is 0.214. The van der Waals surface area contributed by atoms with E-state index in [-0.39, 0.29) is 6.04 Å². The molecular weight excluding hydrogens is 226 g/mol. The van der Waals surface area contributed by atoms with Crippen molar-refractivity contribution in [1.82, 2.24) is 10.4 Å². The van der Waals surface area contributed by atoms with E-state index in [0.717, 1.165) is 22.7 Å². The number of hydrogen-bond donors (Lipinski definition) is 2. The second-order valence-electron chi connectivity index (χ2n) is 4.08. The summed E-state index contributed by atoms with van der Waals surface area (Å²) in [6.45, 7) is 1.96. The minimum Gasteiger partial charge on any atom is -0.497 e. The number of hydrogen-bond acceptors (Lipinski definition) is 4. The Morgan fingerprint density at radius 1 is 1.22 bits per heavy atom. The lowest BCUT2D eigenvalue weighted by atomic mass is 10.0. The number of methoxy groups -OCH3 is 1. The Kier molecular flexibility index (Phi) is 3.92. The number of nitrogens with one attached hydrogen (secondary N) is 1. The highest BCUT2D eigenvalue weighted by Crippen LogP contribution is 2.23. The third-order valence-electron chi connectivity index (χ3n) is 2.80. The van der Waals surface area contributed by atoms with Gasteiger partial charge in [-0.1, -0.05) is 18.2 Å². The maximum absolute atomic E-state index is 5.65. The van der Waals surface area contributed by atoms with Gasteiger partial charge < -0.3 is 4.74 Å². The van der Waals surface area contributed by atoms with E-state index in [1.807, 2.05) is 49.4 Å². The maximum Gasteiger partial charge on any atom is 0.119 e. The van der Waals surface area contributed by atoms with Crippen LogP contribution in [0.4, 0.5) is 0 Å². The van der Waals surface area contributed by atoms with Crippen molar-refractivity contribution in [2.75, 3.05) is 7.11 Å². The fourth-order valence-corrected chi connectivity index (χ4v) is 1.90. The van der Waals surface area contributed by atoms with E-state index >= 15 is 0 Å². The Morgan fingerprint density at radius 3 is 2.67 bits per heavy atom. The van der Waals surface area contributed by atoms with Crippen LogP contribution in [0, 0.1) is 6.92 Å². The van der Waals surface area contributed by atoms with Crippen molar-refractivity contribution in [3.63, 3.8) is 0 Å². The van der Waals surface area contributed by atoms with Crippen LogP contribution in [0.1, 0.15) is 23.0 Å². The molecule has 0 saturated heterocycles. The molecule has 2 aromatic rings. The summed E-state index contributed by atoms with van der Waals surface area (Å²) in [6.07, 6.45) is 0. The summed E-state index contributed by atoms with van der Waals surface area (Å²) in [7, 11) is 1.65. The molecule has 0 saturated carbocycles. The number of ether oxygens (including phenoxy) is 1. The van der Waals surface area contributed by atoms with Gasteiger partial charge in [-0.3, -0.25) is 10.8 Å². The standard InChI is InChI=1S/C14H17N3O/c1-10-5-3-8-13(16-10)14(17-15)11-6-4-7-12(9-11)18-2/h3-9,14,17H,15H2,1-2H3. The molecule has 1 heterocycles. The summed E-state index contributed by atoms with van der Waals surface area (Å²) in [5, 5.41) is 0. The third kappa shape index (κ3) is 2.67. The molecular formula is C14H17N3O. The first-order valence-corrected chi connectivity index (χ1v) is 5.78. The van der Waals surface area contributed by atoms with Gasteiger partial charge in [-0.2, -0.15) is 0 Å². The molecule has 0 aliphatic heterocycles. The number of aromatic nitrogens is 1. The molecule has 3 N–H and O–H groups in total. The van der Waals surface area contributed by atoms with E-state index in [9.17, 15) is 0 Å². The molecule has 0 fully saturated rings. The first kappa shape index (κ1) is 12.5. The molecule has 1 aromatic heterocycles. The zero-order valence-corrected chi connectivity index (χ0v) is 10.6. The molecule has 0 bridgehead atoms. The van der Waals surface area contributed by atoms with Crippen LogP contribution in [-0.2, 0) is 0 Å². The molecule has 2 rings (SSSR count). The van der Waals surface area contributed by atoms with Crippen LogP contribution < -0.4 is 16.0 Å². The first-order valence-electron chi connectivity index (χ1n) is 5.78. The minimum absolute atomic E-state index is 0.139. The summed E-state index contributed by atoms with van der Waals surface area (Å²) in [5.74, 6) is 6.45. The van der Waals surface area contributed by atoms with Crippen LogP contribution in [0.15, 0.2) is 42.5 Å². The quantitative estimate of drug-likeness (QED) is 0.636. The molecule has 0 radical (unpaired) electrons. The highest BCUT2D eigenvalue weighted by molar-refractivity contribution is 5.34. The van der Waals surface area contributed by atoms with Crippen molar-refractivity contribution in [2.45, 2.75) is 13.0 Å². The monoisotopic (exact) mass is 243 g/mol. The number of pyridine rings is 1. The Labute approximate surface area is 107 Å². The number of benzene rings is 1. The van der Waals surface area contributed by atoms with Gasteiger partial charge in [0.2, 0.25) is 0 Å². The smallest absolute Gasteiger partial charge is 0.119 e. The van der Waals surface area contributed by atoms with Crippen molar-refractivity contribution >= 4 is 0 Å². The van der Waals surface area contributed by atoms with Gasteiger partial charge in [0, 0.05) is 5.69 Å².